The van der Waals surface area contributed by atoms with Crippen LogP contribution in [0, 0.1) is 13.8 Å². The maximum Gasteiger partial charge on any atom is 0.133 e. The van der Waals surface area contributed by atoms with Crippen LogP contribution in [0.1, 0.15) is 22.4 Å². The summed E-state index contributed by atoms with van der Waals surface area (Å²) in [4.78, 5) is 0. The van der Waals surface area contributed by atoms with Gasteiger partial charge in [-0.2, -0.15) is 5.10 Å². The zero-order chi connectivity index (χ0) is 14.9. The van der Waals surface area contributed by atoms with E-state index >= 15 is 0 Å². The number of aryl methyl sites for hydroxylation is 3. The molecule has 0 aliphatic carbocycles. The average molecular weight is 359 g/mol. The lowest BCUT2D eigenvalue weighted by Gasteiger charge is -2.14. The standard InChI is InChI=1S/C14H17BrClN3O/c1-8-4-11(15)5-10(6-17)13(8)20-7-12-9(2)18-19(3)14(12)16/h4-5H,6-7,17H2,1-3H3. The molecule has 0 bridgehead atoms. The Balaban J connectivity index is 2.27. The number of nitrogens with zero attached hydrogens (tertiary/aromatic N) is 2. The van der Waals surface area contributed by atoms with Crippen LogP contribution in [0.25, 0.3) is 0 Å². The molecule has 0 saturated carbocycles. The number of nitrogens with two attached hydrogens (primary N) is 1. The van der Waals surface area contributed by atoms with Gasteiger partial charge >= 0.3 is 0 Å². The Morgan fingerprint density at radius 1 is 1.40 bits per heavy atom. The Bertz CT molecular complexity index is 640. The molecule has 6 heteroatoms. The van der Waals surface area contributed by atoms with Gasteiger partial charge in [0.15, 0.2) is 0 Å². The van der Waals surface area contributed by atoms with E-state index in [9.17, 15) is 0 Å². The molecule has 0 spiro atoms. The lowest BCUT2D eigenvalue weighted by Crippen LogP contribution is -2.05. The van der Waals surface area contributed by atoms with Crippen molar-refractivity contribution in [2.75, 3.05) is 0 Å². The molecule has 2 N–H and O–H groups in total. The highest BCUT2D eigenvalue weighted by Crippen LogP contribution is 2.29. The molecule has 1 heterocycles. The van der Waals surface area contributed by atoms with Crippen LogP contribution in [0.2, 0.25) is 5.15 Å². The van der Waals surface area contributed by atoms with E-state index < -0.39 is 0 Å². The van der Waals surface area contributed by atoms with Crippen LogP contribution in [0.5, 0.6) is 5.75 Å². The first-order valence-electron chi connectivity index (χ1n) is 6.24. The average Bonchev–Trinajstić information content (AvgIpc) is 2.62. The van der Waals surface area contributed by atoms with Gasteiger partial charge in [-0.15, -0.1) is 0 Å². The molecule has 4 nitrogen and oxygen atoms in total. The topological polar surface area (TPSA) is 53.1 Å². The lowest BCUT2D eigenvalue weighted by molar-refractivity contribution is 0.300. The van der Waals surface area contributed by atoms with E-state index in [1.165, 1.54) is 0 Å². The summed E-state index contributed by atoms with van der Waals surface area (Å²) in [6.07, 6.45) is 0. The van der Waals surface area contributed by atoms with E-state index in [1.54, 1.807) is 4.68 Å². The van der Waals surface area contributed by atoms with Crippen molar-refractivity contribution in [3.8, 4) is 5.75 Å². The van der Waals surface area contributed by atoms with Crippen LogP contribution < -0.4 is 10.5 Å². The Kier molecular flexibility index (Phi) is 4.73. The zero-order valence-electron chi connectivity index (χ0n) is 11.7. The number of halogens is 2. The Morgan fingerprint density at radius 3 is 2.65 bits per heavy atom. The predicted molar refractivity (Wildman–Crippen MR) is 84.1 cm³/mol. The summed E-state index contributed by atoms with van der Waals surface area (Å²) >= 11 is 9.67. The van der Waals surface area contributed by atoms with Gasteiger partial charge in [0.05, 0.1) is 5.69 Å². The third-order valence-electron chi connectivity index (χ3n) is 3.17. The Hall–Kier alpha value is -1.04. The summed E-state index contributed by atoms with van der Waals surface area (Å²) in [5.41, 5.74) is 9.56. The molecule has 0 amide bonds. The molecule has 1 aromatic carbocycles. The molecule has 0 saturated heterocycles. The van der Waals surface area contributed by atoms with Crippen molar-refractivity contribution in [3.05, 3.63) is 44.1 Å². The minimum atomic E-state index is 0.383. The number of rotatable bonds is 4. The molecule has 20 heavy (non-hydrogen) atoms. The zero-order valence-corrected chi connectivity index (χ0v) is 14.0. The van der Waals surface area contributed by atoms with Crippen LogP contribution in [-0.4, -0.2) is 9.78 Å². The third kappa shape index (κ3) is 3.00. The van der Waals surface area contributed by atoms with Crippen LogP contribution in [0.3, 0.4) is 0 Å². The fourth-order valence-corrected chi connectivity index (χ4v) is 2.99. The molecule has 0 aliphatic heterocycles. The normalized spacial score (nSPS) is 10.9. The second-order valence-corrected chi connectivity index (χ2v) is 5.96. The quantitative estimate of drug-likeness (QED) is 0.910. The van der Waals surface area contributed by atoms with Gasteiger partial charge in [-0.3, -0.25) is 4.68 Å². The van der Waals surface area contributed by atoms with Gasteiger partial charge < -0.3 is 10.5 Å². The van der Waals surface area contributed by atoms with Gasteiger partial charge in [0.1, 0.15) is 17.5 Å². The molecule has 0 unspecified atom stereocenters. The van der Waals surface area contributed by atoms with E-state index in [4.69, 9.17) is 22.1 Å². The van der Waals surface area contributed by atoms with Crippen molar-refractivity contribution in [1.82, 2.24) is 9.78 Å². The first kappa shape index (κ1) is 15.4. The largest absolute Gasteiger partial charge is 0.488 e. The second kappa shape index (κ2) is 6.16. The molecular formula is C14H17BrClN3O. The molecule has 2 rings (SSSR count). The fourth-order valence-electron chi connectivity index (χ4n) is 2.14. The molecule has 0 radical (unpaired) electrons. The van der Waals surface area contributed by atoms with E-state index in [0.717, 1.165) is 32.6 Å². The molecule has 2 aromatic rings. The summed E-state index contributed by atoms with van der Waals surface area (Å²) in [5, 5.41) is 4.88. The highest BCUT2D eigenvalue weighted by Gasteiger charge is 2.14. The second-order valence-electron chi connectivity index (χ2n) is 4.68. The van der Waals surface area contributed by atoms with Crippen molar-refractivity contribution in [1.29, 1.82) is 0 Å². The molecular weight excluding hydrogens is 342 g/mol. The third-order valence-corrected chi connectivity index (χ3v) is 4.10. The summed E-state index contributed by atoms with van der Waals surface area (Å²) in [7, 11) is 1.81. The summed E-state index contributed by atoms with van der Waals surface area (Å²) in [6, 6.07) is 3.98. The van der Waals surface area contributed by atoms with Gasteiger partial charge in [-0.25, -0.2) is 0 Å². The first-order valence-corrected chi connectivity index (χ1v) is 7.41. The molecule has 0 atom stereocenters. The predicted octanol–water partition coefficient (Wildman–Crippen LogP) is 3.49. The molecule has 108 valence electrons. The van der Waals surface area contributed by atoms with Gasteiger partial charge in [0, 0.05) is 29.2 Å². The SMILES string of the molecule is Cc1cc(Br)cc(CN)c1OCc1c(C)nn(C)c1Cl. The van der Waals surface area contributed by atoms with Crippen molar-refractivity contribution >= 4 is 27.5 Å². The van der Waals surface area contributed by atoms with Gasteiger partial charge in [-0.05, 0) is 31.5 Å². The lowest BCUT2D eigenvalue weighted by atomic mass is 10.1. The smallest absolute Gasteiger partial charge is 0.133 e. The van der Waals surface area contributed by atoms with Crippen LogP contribution >= 0.6 is 27.5 Å². The van der Waals surface area contributed by atoms with E-state index in [0.29, 0.717) is 18.3 Å². The summed E-state index contributed by atoms with van der Waals surface area (Å²) in [5.74, 6) is 0.815. The highest BCUT2D eigenvalue weighted by atomic mass is 79.9. The van der Waals surface area contributed by atoms with Crippen LogP contribution in [0.15, 0.2) is 16.6 Å². The number of ether oxygens (including phenoxy) is 1. The maximum atomic E-state index is 6.21. The van der Waals surface area contributed by atoms with E-state index in [-0.39, 0.29) is 0 Å². The van der Waals surface area contributed by atoms with Crippen LogP contribution in [-0.2, 0) is 20.2 Å². The molecule has 0 fully saturated rings. The molecule has 1 aromatic heterocycles. The summed E-state index contributed by atoms with van der Waals surface area (Å²) < 4.78 is 8.58. The van der Waals surface area contributed by atoms with Crippen molar-refractivity contribution < 1.29 is 4.74 Å². The number of hydrogen-bond donors (Lipinski definition) is 1. The molecule has 0 aliphatic rings. The Labute approximate surface area is 132 Å². The van der Waals surface area contributed by atoms with Gasteiger partial charge in [0.2, 0.25) is 0 Å². The Morgan fingerprint density at radius 2 is 2.10 bits per heavy atom. The summed E-state index contributed by atoms with van der Waals surface area (Å²) in [6.45, 7) is 4.73. The van der Waals surface area contributed by atoms with Crippen molar-refractivity contribution in [3.63, 3.8) is 0 Å². The monoisotopic (exact) mass is 357 g/mol. The number of hydrogen-bond acceptors (Lipinski definition) is 3. The van der Waals surface area contributed by atoms with Crippen molar-refractivity contribution in [2.45, 2.75) is 27.0 Å². The maximum absolute atomic E-state index is 6.21. The van der Waals surface area contributed by atoms with E-state index in [1.807, 2.05) is 33.0 Å². The fraction of sp³-hybridized carbons (Fsp3) is 0.357. The van der Waals surface area contributed by atoms with Gasteiger partial charge in [0.25, 0.3) is 0 Å². The van der Waals surface area contributed by atoms with Crippen LogP contribution in [0.4, 0.5) is 0 Å². The number of aromatic nitrogens is 2. The van der Waals surface area contributed by atoms with Crippen molar-refractivity contribution in [2.24, 2.45) is 12.8 Å². The first-order chi connectivity index (χ1) is 9.43. The minimum Gasteiger partial charge on any atom is -0.488 e. The minimum absolute atomic E-state index is 0.383. The number of benzene rings is 1. The van der Waals surface area contributed by atoms with E-state index in [2.05, 4.69) is 21.0 Å². The highest BCUT2D eigenvalue weighted by molar-refractivity contribution is 9.10. The van der Waals surface area contributed by atoms with Gasteiger partial charge in [-0.1, -0.05) is 27.5 Å².